The standard InChI is InChI=1S/C11H10N4/c1-2-8-3-5-10-9(7-8)4-6-11-12-13-14-15(10)11/h2-3,5,7H,1,4,6H2. The van der Waals surface area contributed by atoms with Gasteiger partial charge in [0.1, 0.15) is 0 Å². The lowest BCUT2D eigenvalue weighted by Gasteiger charge is -2.15. The van der Waals surface area contributed by atoms with Crippen LogP contribution < -0.4 is 0 Å². The lowest BCUT2D eigenvalue weighted by atomic mass is 10.0. The maximum Gasteiger partial charge on any atom is 0.157 e. The fraction of sp³-hybridized carbons (Fsp3) is 0.182. The van der Waals surface area contributed by atoms with E-state index in [1.54, 1.807) is 0 Å². The molecule has 15 heavy (non-hydrogen) atoms. The quantitative estimate of drug-likeness (QED) is 0.695. The van der Waals surface area contributed by atoms with Gasteiger partial charge in [0.05, 0.1) is 5.69 Å². The fourth-order valence-corrected chi connectivity index (χ4v) is 1.93. The summed E-state index contributed by atoms with van der Waals surface area (Å²) in [6, 6.07) is 6.22. The maximum absolute atomic E-state index is 3.98. The molecule has 0 saturated carbocycles. The molecule has 4 heteroatoms. The van der Waals surface area contributed by atoms with E-state index < -0.39 is 0 Å². The Morgan fingerprint density at radius 2 is 2.27 bits per heavy atom. The summed E-state index contributed by atoms with van der Waals surface area (Å²) in [5.74, 6) is 0.939. The van der Waals surface area contributed by atoms with E-state index in [9.17, 15) is 0 Å². The molecule has 0 fully saturated rings. The van der Waals surface area contributed by atoms with Crippen LogP contribution in [0.25, 0.3) is 11.8 Å². The van der Waals surface area contributed by atoms with Gasteiger partial charge in [-0.1, -0.05) is 18.7 Å². The Bertz CT molecular complexity index is 527. The summed E-state index contributed by atoms with van der Waals surface area (Å²) in [6.45, 7) is 3.77. The molecule has 1 aliphatic rings. The van der Waals surface area contributed by atoms with Crippen LogP contribution in [0.4, 0.5) is 0 Å². The highest BCUT2D eigenvalue weighted by Gasteiger charge is 2.17. The smallest absolute Gasteiger partial charge is 0.157 e. The zero-order valence-corrected chi connectivity index (χ0v) is 8.22. The Balaban J connectivity index is 2.22. The van der Waals surface area contributed by atoms with Gasteiger partial charge < -0.3 is 0 Å². The van der Waals surface area contributed by atoms with E-state index in [1.165, 1.54) is 5.56 Å². The molecule has 2 heterocycles. The average molecular weight is 198 g/mol. The van der Waals surface area contributed by atoms with Gasteiger partial charge >= 0.3 is 0 Å². The van der Waals surface area contributed by atoms with Gasteiger partial charge in [-0.3, -0.25) is 0 Å². The Morgan fingerprint density at radius 1 is 1.33 bits per heavy atom. The predicted octanol–water partition coefficient (Wildman–Crippen LogP) is 1.40. The highest BCUT2D eigenvalue weighted by atomic mass is 15.5. The van der Waals surface area contributed by atoms with Crippen molar-refractivity contribution in [3.05, 3.63) is 41.7 Å². The molecule has 0 N–H and O–H groups in total. The van der Waals surface area contributed by atoms with Crippen LogP contribution >= 0.6 is 0 Å². The fourth-order valence-electron chi connectivity index (χ4n) is 1.93. The zero-order valence-electron chi connectivity index (χ0n) is 8.22. The van der Waals surface area contributed by atoms with Crippen molar-refractivity contribution in [3.8, 4) is 5.69 Å². The summed E-state index contributed by atoms with van der Waals surface area (Å²) in [6.07, 6.45) is 3.76. The Kier molecular flexibility index (Phi) is 1.68. The SMILES string of the molecule is C=Cc1ccc2c(c1)CCc1nnnn1-2. The first-order chi connectivity index (χ1) is 7.38. The van der Waals surface area contributed by atoms with Crippen LogP contribution in [0.3, 0.4) is 0 Å². The lowest BCUT2D eigenvalue weighted by Crippen LogP contribution is -2.13. The maximum atomic E-state index is 3.98. The van der Waals surface area contributed by atoms with Crippen molar-refractivity contribution >= 4 is 6.08 Å². The molecule has 0 atom stereocenters. The summed E-state index contributed by atoms with van der Waals surface area (Å²) < 4.78 is 1.81. The predicted molar refractivity (Wildman–Crippen MR) is 56.7 cm³/mol. The highest BCUT2D eigenvalue weighted by Crippen LogP contribution is 2.23. The van der Waals surface area contributed by atoms with Crippen molar-refractivity contribution in [3.63, 3.8) is 0 Å². The van der Waals surface area contributed by atoms with E-state index in [0.29, 0.717) is 0 Å². The summed E-state index contributed by atoms with van der Waals surface area (Å²) in [5.41, 5.74) is 3.52. The summed E-state index contributed by atoms with van der Waals surface area (Å²) in [5, 5.41) is 11.7. The molecule has 0 spiro atoms. The third kappa shape index (κ3) is 1.18. The normalized spacial score (nSPS) is 13.1. The Morgan fingerprint density at radius 3 is 3.13 bits per heavy atom. The second-order valence-electron chi connectivity index (χ2n) is 3.60. The van der Waals surface area contributed by atoms with Gasteiger partial charge in [-0.15, -0.1) is 5.10 Å². The van der Waals surface area contributed by atoms with E-state index in [1.807, 2.05) is 22.9 Å². The molecule has 0 aliphatic carbocycles. The molecule has 74 valence electrons. The number of aryl methyl sites for hydroxylation is 2. The Hall–Kier alpha value is -1.97. The number of aromatic nitrogens is 4. The van der Waals surface area contributed by atoms with Crippen LogP contribution in [-0.2, 0) is 12.8 Å². The van der Waals surface area contributed by atoms with Crippen LogP contribution in [0.1, 0.15) is 17.0 Å². The number of hydrogen-bond acceptors (Lipinski definition) is 3. The minimum Gasteiger partial charge on any atom is -0.197 e. The third-order valence-corrected chi connectivity index (χ3v) is 2.72. The number of tetrazole rings is 1. The van der Waals surface area contributed by atoms with Crippen molar-refractivity contribution in [1.82, 2.24) is 20.2 Å². The molecule has 1 aromatic carbocycles. The van der Waals surface area contributed by atoms with Crippen LogP contribution in [0, 0.1) is 0 Å². The van der Waals surface area contributed by atoms with Crippen LogP contribution in [0.2, 0.25) is 0 Å². The molecule has 1 aromatic heterocycles. The molecule has 4 nitrogen and oxygen atoms in total. The number of fused-ring (bicyclic) bond motifs is 3. The highest BCUT2D eigenvalue weighted by molar-refractivity contribution is 5.54. The van der Waals surface area contributed by atoms with E-state index in [-0.39, 0.29) is 0 Å². The van der Waals surface area contributed by atoms with Crippen LogP contribution in [-0.4, -0.2) is 20.2 Å². The first kappa shape index (κ1) is 8.35. The van der Waals surface area contributed by atoms with Crippen LogP contribution in [0.5, 0.6) is 0 Å². The lowest BCUT2D eigenvalue weighted by molar-refractivity contribution is 0.711. The first-order valence-corrected chi connectivity index (χ1v) is 4.91. The van der Waals surface area contributed by atoms with E-state index in [4.69, 9.17) is 0 Å². The average Bonchev–Trinajstić information content (AvgIpc) is 2.76. The third-order valence-electron chi connectivity index (χ3n) is 2.72. The molecule has 0 unspecified atom stereocenters. The Labute approximate surface area is 87.2 Å². The number of nitrogens with zero attached hydrogens (tertiary/aromatic N) is 4. The van der Waals surface area contributed by atoms with Gasteiger partial charge in [0.15, 0.2) is 5.82 Å². The largest absolute Gasteiger partial charge is 0.197 e. The molecule has 3 rings (SSSR count). The molecule has 0 radical (unpaired) electrons. The molecule has 0 saturated heterocycles. The van der Waals surface area contributed by atoms with E-state index >= 15 is 0 Å². The second-order valence-corrected chi connectivity index (χ2v) is 3.60. The van der Waals surface area contributed by atoms with Gasteiger partial charge in [0, 0.05) is 6.42 Å². The molecule has 0 amide bonds. The van der Waals surface area contributed by atoms with E-state index in [2.05, 4.69) is 28.2 Å². The molecule has 0 bridgehead atoms. The van der Waals surface area contributed by atoms with Gasteiger partial charge in [0.2, 0.25) is 0 Å². The summed E-state index contributed by atoms with van der Waals surface area (Å²) >= 11 is 0. The van der Waals surface area contributed by atoms with Gasteiger partial charge in [-0.25, -0.2) is 0 Å². The number of benzene rings is 1. The first-order valence-electron chi connectivity index (χ1n) is 4.91. The monoisotopic (exact) mass is 198 g/mol. The van der Waals surface area contributed by atoms with Crippen molar-refractivity contribution in [2.24, 2.45) is 0 Å². The minimum absolute atomic E-state index is 0.903. The second kappa shape index (κ2) is 3.02. The zero-order chi connectivity index (χ0) is 10.3. The van der Waals surface area contributed by atoms with Gasteiger partial charge in [0.25, 0.3) is 0 Å². The van der Waals surface area contributed by atoms with Crippen molar-refractivity contribution in [2.45, 2.75) is 12.8 Å². The van der Waals surface area contributed by atoms with Gasteiger partial charge in [-0.2, -0.15) is 4.68 Å². The molecule has 1 aliphatic heterocycles. The summed E-state index contributed by atoms with van der Waals surface area (Å²) in [7, 11) is 0. The van der Waals surface area contributed by atoms with E-state index in [0.717, 1.165) is 29.9 Å². The van der Waals surface area contributed by atoms with Gasteiger partial charge in [-0.05, 0) is 40.1 Å². The van der Waals surface area contributed by atoms with Crippen LogP contribution in [0.15, 0.2) is 24.8 Å². The van der Waals surface area contributed by atoms with Crippen molar-refractivity contribution in [2.75, 3.05) is 0 Å². The summed E-state index contributed by atoms with van der Waals surface area (Å²) in [4.78, 5) is 0. The van der Waals surface area contributed by atoms with Crippen molar-refractivity contribution < 1.29 is 0 Å². The molecule has 2 aromatic rings. The topological polar surface area (TPSA) is 43.6 Å². The minimum atomic E-state index is 0.903. The number of hydrogen-bond donors (Lipinski definition) is 0. The molecular weight excluding hydrogens is 188 g/mol. The van der Waals surface area contributed by atoms with Crippen molar-refractivity contribution in [1.29, 1.82) is 0 Å². The number of rotatable bonds is 1. The molecular formula is C11H10N4.